The van der Waals surface area contributed by atoms with Crippen LogP contribution in [0.25, 0.3) is 10.8 Å². The molecule has 1 aliphatic rings. The first-order valence-electron chi connectivity index (χ1n) is 11.0. The zero-order valence-electron chi connectivity index (χ0n) is 18.6. The molecule has 34 heavy (non-hydrogen) atoms. The molecule has 4 aromatic rings. The van der Waals surface area contributed by atoms with E-state index < -0.39 is 28.3 Å². The number of hydrogen-bond donors (Lipinski definition) is 1. The van der Waals surface area contributed by atoms with Crippen LogP contribution in [0, 0.1) is 12.7 Å². The van der Waals surface area contributed by atoms with Gasteiger partial charge in [-0.05, 0) is 78.7 Å². The fourth-order valence-corrected chi connectivity index (χ4v) is 5.86. The van der Waals surface area contributed by atoms with Crippen LogP contribution >= 0.6 is 0 Å². The van der Waals surface area contributed by atoms with Gasteiger partial charge in [-0.15, -0.1) is 0 Å². The number of sulfonamides is 1. The molecule has 1 amide bonds. The zero-order chi connectivity index (χ0) is 23.9. The molecule has 0 fully saturated rings. The second kappa shape index (κ2) is 8.57. The fraction of sp³-hybridized carbons (Fsp3) is 0.148. The highest BCUT2D eigenvalue weighted by atomic mass is 32.2. The normalized spacial score (nSPS) is 12.6. The minimum Gasteiger partial charge on any atom is -0.324 e. The molecule has 1 aliphatic carbocycles. The van der Waals surface area contributed by atoms with E-state index in [1.54, 1.807) is 24.3 Å². The van der Waals surface area contributed by atoms with E-state index in [1.807, 2.05) is 31.2 Å². The Hall–Kier alpha value is -3.71. The third-order valence-corrected chi connectivity index (χ3v) is 7.95. The van der Waals surface area contributed by atoms with Crippen molar-refractivity contribution < 1.29 is 17.6 Å². The maximum Gasteiger partial charge on any atom is 0.264 e. The average Bonchev–Trinajstić information content (AvgIpc) is 3.25. The van der Waals surface area contributed by atoms with Crippen molar-refractivity contribution >= 4 is 38.1 Å². The van der Waals surface area contributed by atoms with Crippen molar-refractivity contribution in [3.05, 3.63) is 101 Å². The Kier molecular flexibility index (Phi) is 5.57. The molecule has 0 saturated carbocycles. The molecule has 5 nitrogen and oxygen atoms in total. The molecule has 172 valence electrons. The summed E-state index contributed by atoms with van der Waals surface area (Å²) in [5.41, 5.74) is 4.47. The first kappa shape index (κ1) is 22.1. The summed E-state index contributed by atoms with van der Waals surface area (Å²) in [6.45, 7) is 1.47. The lowest BCUT2D eigenvalue weighted by atomic mass is 10.0. The van der Waals surface area contributed by atoms with Gasteiger partial charge >= 0.3 is 0 Å². The number of aryl methyl sites for hydroxylation is 3. The van der Waals surface area contributed by atoms with E-state index in [-0.39, 0.29) is 4.90 Å². The maximum atomic E-state index is 13.5. The SMILES string of the molecule is Cc1ccc(N(CC(=O)Nc2ccc3c4c(cccc24)CC3)S(=O)(=O)c2ccc(F)cc2)cc1. The van der Waals surface area contributed by atoms with E-state index in [2.05, 4.69) is 11.4 Å². The van der Waals surface area contributed by atoms with Crippen LogP contribution in [0.4, 0.5) is 15.8 Å². The molecule has 0 unspecified atom stereocenters. The summed E-state index contributed by atoms with van der Waals surface area (Å²) < 4.78 is 41.4. The zero-order valence-corrected chi connectivity index (χ0v) is 19.4. The van der Waals surface area contributed by atoms with Gasteiger partial charge in [0.05, 0.1) is 10.6 Å². The molecule has 4 aromatic carbocycles. The second-order valence-corrected chi connectivity index (χ2v) is 10.3. The maximum absolute atomic E-state index is 13.5. The van der Waals surface area contributed by atoms with Crippen LogP contribution < -0.4 is 9.62 Å². The Morgan fingerprint density at radius 3 is 2.29 bits per heavy atom. The van der Waals surface area contributed by atoms with Gasteiger partial charge in [0.15, 0.2) is 0 Å². The van der Waals surface area contributed by atoms with Crippen LogP contribution in [-0.2, 0) is 27.7 Å². The van der Waals surface area contributed by atoms with Crippen molar-refractivity contribution in [2.24, 2.45) is 0 Å². The smallest absolute Gasteiger partial charge is 0.264 e. The van der Waals surface area contributed by atoms with Crippen LogP contribution in [0.1, 0.15) is 16.7 Å². The topological polar surface area (TPSA) is 66.5 Å². The Morgan fingerprint density at radius 2 is 1.59 bits per heavy atom. The van der Waals surface area contributed by atoms with Crippen LogP contribution in [-0.4, -0.2) is 20.9 Å². The number of nitrogens with zero attached hydrogens (tertiary/aromatic N) is 1. The number of carbonyl (C=O) groups is 1. The Morgan fingerprint density at radius 1 is 0.912 bits per heavy atom. The molecule has 0 aromatic heterocycles. The molecule has 0 radical (unpaired) electrons. The van der Waals surface area contributed by atoms with E-state index in [0.717, 1.165) is 45.6 Å². The van der Waals surface area contributed by atoms with Crippen molar-refractivity contribution in [2.45, 2.75) is 24.7 Å². The number of benzene rings is 4. The van der Waals surface area contributed by atoms with Crippen molar-refractivity contribution in [1.29, 1.82) is 0 Å². The Bertz CT molecular complexity index is 1490. The first-order valence-corrected chi connectivity index (χ1v) is 12.5. The largest absolute Gasteiger partial charge is 0.324 e. The minimum atomic E-state index is -4.11. The van der Waals surface area contributed by atoms with Crippen LogP contribution in [0.3, 0.4) is 0 Å². The molecule has 0 saturated heterocycles. The number of rotatable bonds is 6. The van der Waals surface area contributed by atoms with E-state index in [4.69, 9.17) is 0 Å². The molecule has 0 spiro atoms. The standard InChI is InChI=1S/C27H23FN2O3S/c1-18-5-12-22(13-6-18)30(34(32,33)23-14-10-21(28)11-15-23)17-26(31)29-25-16-9-20-8-7-19-3-2-4-24(25)27(19)20/h2-6,9-16H,7-8,17H2,1H3,(H,29,31). The van der Waals surface area contributed by atoms with Gasteiger partial charge in [0.2, 0.25) is 5.91 Å². The van der Waals surface area contributed by atoms with E-state index in [0.29, 0.717) is 11.4 Å². The second-order valence-electron chi connectivity index (χ2n) is 8.46. The lowest BCUT2D eigenvalue weighted by Crippen LogP contribution is -2.38. The van der Waals surface area contributed by atoms with Crippen LogP contribution in [0.2, 0.25) is 0 Å². The number of halogens is 1. The van der Waals surface area contributed by atoms with Gasteiger partial charge in [0.1, 0.15) is 12.4 Å². The molecule has 0 bridgehead atoms. The summed E-state index contributed by atoms with van der Waals surface area (Å²) in [6, 6.07) is 21.4. The van der Waals surface area contributed by atoms with Crippen molar-refractivity contribution in [3.8, 4) is 0 Å². The van der Waals surface area contributed by atoms with Crippen LogP contribution in [0.15, 0.2) is 83.8 Å². The Labute approximate surface area is 197 Å². The predicted octanol–water partition coefficient (Wildman–Crippen LogP) is 5.22. The van der Waals surface area contributed by atoms with Gasteiger partial charge in [0, 0.05) is 11.1 Å². The van der Waals surface area contributed by atoms with Gasteiger partial charge in [-0.25, -0.2) is 12.8 Å². The van der Waals surface area contributed by atoms with Gasteiger partial charge in [-0.1, -0.05) is 42.0 Å². The van der Waals surface area contributed by atoms with Gasteiger partial charge in [-0.2, -0.15) is 0 Å². The summed E-state index contributed by atoms with van der Waals surface area (Å²) in [4.78, 5) is 13.1. The number of carbonyl (C=O) groups excluding carboxylic acids is 1. The monoisotopic (exact) mass is 474 g/mol. The highest BCUT2D eigenvalue weighted by Gasteiger charge is 2.28. The molecule has 0 aliphatic heterocycles. The fourth-order valence-electron chi connectivity index (χ4n) is 4.44. The summed E-state index contributed by atoms with van der Waals surface area (Å²) in [5.74, 6) is -1.00. The van der Waals surface area contributed by atoms with E-state index in [9.17, 15) is 17.6 Å². The van der Waals surface area contributed by atoms with E-state index >= 15 is 0 Å². The summed E-state index contributed by atoms with van der Waals surface area (Å²) in [6.07, 6.45) is 1.95. The Balaban J connectivity index is 1.48. The van der Waals surface area contributed by atoms with Crippen molar-refractivity contribution in [2.75, 3.05) is 16.2 Å². The minimum absolute atomic E-state index is 0.0902. The highest BCUT2D eigenvalue weighted by Crippen LogP contribution is 2.35. The lowest BCUT2D eigenvalue weighted by molar-refractivity contribution is -0.114. The van der Waals surface area contributed by atoms with Gasteiger partial charge in [0.25, 0.3) is 10.0 Å². The average molecular weight is 475 g/mol. The first-order chi connectivity index (χ1) is 16.3. The molecule has 0 heterocycles. The number of nitrogens with one attached hydrogen (secondary N) is 1. The van der Waals surface area contributed by atoms with Gasteiger partial charge < -0.3 is 5.32 Å². The lowest BCUT2D eigenvalue weighted by Gasteiger charge is -2.24. The van der Waals surface area contributed by atoms with Crippen molar-refractivity contribution in [1.82, 2.24) is 0 Å². The number of amides is 1. The molecular weight excluding hydrogens is 451 g/mol. The molecule has 1 N–H and O–H groups in total. The van der Waals surface area contributed by atoms with Crippen LogP contribution in [0.5, 0.6) is 0 Å². The number of anilines is 2. The molecule has 7 heteroatoms. The number of hydrogen-bond acceptors (Lipinski definition) is 3. The molecule has 5 rings (SSSR count). The quantitative estimate of drug-likeness (QED) is 0.417. The summed E-state index contributed by atoms with van der Waals surface area (Å²) in [5, 5.41) is 5.02. The van der Waals surface area contributed by atoms with Gasteiger partial charge in [-0.3, -0.25) is 9.10 Å². The predicted molar refractivity (Wildman–Crippen MR) is 132 cm³/mol. The molecule has 0 atom stereocenters. The molecular formula is C27H23FN2O3S. The summed E-state index contributed by atoms with van der Waals surface area (Å²) >= 11 is 0. The third-order valence-electron chi connectivity index (χ3n) is 6.16. The highest BCUT2D eigenvalue weighted by molar-refractivity contribution is 7.92. The summed E-state index contributed by atoms with van der Waals surface area (Å²) in [7, 11) is -4.11. The van der Waals surface area contributed by atoms with Crippen molar-refractivity contribution in [3.63, 3.8) is 0 Å². The third kappa shape index (κ3) is 4.03. The van der Waals surface area contributed by atoms with E-state index in [1.165, 1.54) is 23.3 Å².